The first-order chi connectivity index (χ1) is 5.83. The standard InChI is InChI=1S/C9H8N3/c1-2-12-8(6-10)4-3-5-9(12)7-11/h3-5H,2H2,1H3/q+1. The number of hydrogen-bond donors (Lipinski definition) is 0. The third-order valence-corrected chi connectivity index (χ3v) is 1.64. The minimum atomic E-state index is 0.525. The highest BCUT2D eigenvalue weighted by Gasteiger charge is 2.12. The highest BCUT2D eigenvalue weighted by Crippen LogP contribution is 1.94. The van der Waals surface area contributed by atoms with Crippen LogP contribution in [-0.4, -0.2) is 0 Å². The van der Waals surface area contributed by atoms with Crippen molar-refractivity contribution in [3.05, 3.63) is 29.6 Å². The zero-order valence-electron chi connectivity index (χ0n) is 6.78. The molecule has 0 aliphatic carbocycles. The molecule has 12 heavy (non-hydrogen) atoms. The summed E-state index contributed by atoms with van der Waals surface area (Å²) in [6.07, 6.45) is 0. The third-order valence-electron chi connectivity index (χ3n) is 1.64. The van der Waals surface area contributed by atoms with Gasteiger partial charge in [0.1, 0.15) is 6.54 Å². The second-order valence-electron chi connectivity index (χ2n) is 2.26. The van der Waals surface area contributed by atoms with Crippen LogP contribution in [0, 0.1) is 22.7 Å². The zero-order valence-corrected chi connectivity index (χ0v) is 6.78. The Labute approximate surface area is 71.1 Å². The van der Waals surface area contributed by atoms with E-state index in [0.29, 0.717) is 17.9 Å². The minimum absolute atomic E-state index is 0.525. The van der Waals surface area contributed by atoms with E-state index in [1.807, 2.05) is 19.1 Å². The molecule has 1 heterocycles. The molecule has 0 aliphatic rings. The van der Waals surface area contributed by atoms with E-state index >= 15 is 0 Å². The van der Waals surface area contributed by atoms with Crippen LogP contribution in [0.5, 0.6) is 0 Å². The van der Waals surface area contributed by atoms with Crippen molar-refractivity contribution in [3.8, 4) is 12.1 Å². The summed E-state index contributed by atoms with van der Waals surface area (Å²) in [4.78, 5) is 0. The van der Waals surface area contributed by atoms with Gasteiger partial charge in [-0.15, -0.1) is 0 Å². The van der Waals surface area contributed by atoms with Crippen LogP contribution in [0.1, 0.15) is 18.3 Å². The molecule has 58 valence electrons. The van der Waals surface area contributed by atoms with Crippen molar-refractivity contribution in [2.75, 3.05) is 0 Å². The molecule has 0 atom stereocenters. The summed E-state index contributed by atoms with van der Waals surface area (Å²) in [7, 11) is 0. The van der Waals surface area contributed by atoms with E-state index in [-0.39, 0.29) is 0 Å². The molecular formula is C9H8N3+. The quantitative estimate of drug-likeness (QED) is 0.566. The number of rotatable bonds is 1. The van der Waals surface area contributed by atoms with Gasteiger partial charge in [0.05, 0.1) is 0 Å². The van der Waals surface area contributed by atoms with E-state index in [0.717, 1.165) is 0 Å². The van der Waals surface area contributed by atoms with E-state index in [9.17, 15) is 0 Å². The first-order valence-corrected chi connectivity index (χ1v) is 3.66. The topological polar surface area (TPSA) is 51.5 Å². The predicted octanol–water partition coefficient (Wildman–Crippen LogP) is 0.737. The Balaban J connectivity index is 3.37. The molecule has 0 amide bonds. The van der Waals surface area contributed by atoms with Gasteiger partial charge < -0.3 is 0 Å². The SMILES string of the molecule is CC[n+]1c(C#N)cccc1C#N. The lowest BCUT2D eigenvalue weighted by Crippen LogP contribution is -2.39. The van der Waals surface area contributed by atoms with E-state index in [2.05, 4.69) is 0 Å². The van der Waals surface area contributed by atoms with Gasteiger partial charge in [-0.3, -0.25) is 0 Å². The van der Waals surface area contributed by atoms with Crippen molar-refractivity contribution >= 4 is 0 Å². The monoisotopic (exact) mass is 158 g/mol. The van der Waals surface area contributed by atoms with Gasteiger partial charge >= 0.3 is 0 Å². The fraction of sp³-hybridized carbons (Fsp3) is 0.222. The van der Waals surface area contributed by atoms with Gasteiger partial charge in [0.15, 0.2) is 12.1 Å². The fourth-order valence-electron chi connectivity index (χ4n) is 1.08. The van der Waals surface area contributed by atoms with Crippen LogP contribution in [0.25, 0.3) is 0 Å². The molecule has 0 spiro atoms. The predicted molar refractivity (Wildman–Crippen MR) is 41.7 cm³/mol. The highest BCUT2D eigenvalue weighted by molar-refractivity contribution is 5.21. The number of pyridine rings is 1. The summed E-state index contributed by atoms with van der Waals surface area (Å²) in [6.45, 7) is 2.55. The maximum absolute atomic E-state index is 8.69. The zero-order chi connectivity index (χ0) is 8.97. The Kier molecular flexibility index (Phi) is 2.40. The fourth-order valence-corrected chi connectivity index (χ4v) is 1.08. The lowest BCUT2D eigenvalue weighted by atomic mass is 10.3. The molecule has 0 unspecified atom stereocenters. The highest BCUT2D eigenvalue weighted by atomic mass is 15.0. The molecule has 0 aromatic carbocycles. The van der Waals surface area contributed by atoms with Gasteiger partial charge in [0.2, 0.25) is 0 Å². The number of aromatic nitrogens is 1. The Bertz CT molecular complexity index is 336. The average Bonchev–Trinajstić information content (AvgIpc) is 2.16. The summed E-state index contributed by atoms with van der Waals surface area (Å²) in [5.74, 6) is 0. The number of nitrogens with zero attached hydrogens (tertiary/aromatic N) is 3. The van der Waals surface area contributed by atoms with Crippen LogP contribution >= 0.6 is 0 Å². The first kappa shape index (κ1) is 8.23. The summed E-state index contributed by atoms with van der Waals surface area (Å²) in [5, 5.41) is 17.4. The molecule has 3 nitrogen and oxygen atoms in total. The van der Waals surface area contributed by atoms with Crippen LogP contribution in [0.15, 0.2) is 18.2 Å². The summed E-state index contributed by atoms with van der Waals surface area (Å²) < 4.78 is 1.68. The lowest BCUT2D eigenvalue weighted by molar-refractivity contribution is -0.698. The van der Waals surface area contributed by atoms with Gasteiger partial charge in [-0.25, -0.2) is 0 Å². The van der Waals surface area contributed by atoms with Crippen LogP contribution in [0.3, 0.4) is 0 Å². The summed E-state index contributed by atoms with van der Waals surface area (Å²) >= 11 is 0. The number of hydrogen-bond acceptors (Lipinski definition) is 2. The smallest absolute Gasteiger partial charge is 0.186 e. The molecule has 0 N–H and O–H groups in total. The van der Waals surface area contributed by atoms with Gasteiger partial charge in [0, 0.05) is 12.1 Å². The van der Waals surface area contributed by atoms with Crippen molar-refractivity contribution in [1.29, 1.82) is 10.5 Å². The molecule has 3 heteroatoms. The average molecular weight is 158 g/mol. The minimum Gasteiger partial charge on any atom is -0.186 e. The molecule has 0 saturated carbocycles. The van der Waals surface area contributed by atoms with E-state index < -0.39 is 0 Å². The maximum Gasteiger partial charge on any atom is 0.284 e. The Morgan fingerprint density at radius 1 is 1.25 bits per heavy atom. The van der Waals surface area contributed by atoms with E-state index in [4.69, 9.17) is 10.5 Å². The molecular weight excluding hydrogens is 150 g/mol. The third kappa shape index (κ3) is 1.26. The van der Waals surface area contributed by atoms with Crippen LogP contribution in [0.4, 0.5) is 0 Å². The molecule has 0 bridgehead atoms. The molecule has 0 aliphatic heterocycles. The van der Waals surface area contributed by atoms with Gasteiger partial charge in [-0.05, 0) is 13.0 Å². The normalized spacial score (nSPS) is 8.58. The summed E-state index contributed by atoms with van der Waals surface area (Å²) in [5.41, 5.74) is 1.05. The Morgan fingerprint density at radius 3 is 2.08 bits per heavy atom. The lowest BCUT2D eigenvalue weighted by Gasteiger charge is -1.94. The van der Waals surface area contributed by atoms with Crippen LogP contribution < -0.4 is 4.57 Å². The van der Waals surface area contributed by atoms with Gasteiger partial charge in [-0.1, -0.05) is 0 Å². The molecule has 1 aromatic rings. The van der Waals surface area contributed by atoms with E-state index in [1.54, 1.807) is 22.8 Å². The van der Waals surface area contributed by atoms with Crippen LogP contribution in [-0.2, 0) is 6.54 Å². The van der Waals surface area contributed by atoms with Crippen molar-refractivity contribution in [2.24, 2.45) is 0 Å². The first-order valence-electron chi connectivity index (χ1n) is 3.66. The second kappa shape index (κ2) is 3.50. The molecule has 1 rings (SSSR count). The van der Waals surface area contributed by atoms with Crippen molar-refractivity contribution in [1.82, 2.24) is 0 Å². The second-order valence-corrected chi connectivity index (χ2v) is 2.26. The maximum atomic E-state index is 8.69. The molecule has 1 aromatic heterocycles. The Hall–Kier alpha value is -1.87. The van der Waals surface area contributed by atoms with Crippen molar-refractivity contribution in [2.45, 2.75) is 13.5 Å². The number of nitriles is 2. The van der Waals surface area contributed by atoms with Crippen molar-refractivity contribution < 1.29 is 4.57 Å². The molecule has 0 saturated heterocycles. The van der Waals surface area contributed by atoms with Gasteiger partial charge in [-0.2, -0.15) is 15.1 Å². The molecule has 0 fully saturated rings. The largest absolute Gasteiger partial charge is 0.284 e. The van der Waals surface area contributed by atoms with Crippen LogP contribution in [0.2, 0.25) is 0 Å². The summed E-state index contributed by atoms with van der Waals surface area (Å²) in [6, 6.07) is 9.18. The van der Waals surface area contributed by atoms with Gasteiger partial charge in [0.25, 0.3) is 11.4 Å². The van der Waals surface area contributed by atoms with Crippen molar-refractivity contribution in [3.63, 3.8) is 0 Å². The Morgan fingerprint density at radius 2 is 1.75 bits per heavy atom. The van der Waals surface area contributed by atoms with E-state index in [1.165, 1.54) is 0 Å². The molecule has 0 radical (unpaired) electrons.